The first kappa shape index (κ1) is 33.7. The number of nitrogens with one attached hydrogen (secondary N) is 1. The Labute approximate surface area is 287 Å². The van der Waals surface area contributed by atoms with Crippen molar-refractivity contribution in [1.29, 1.82) is 0 Å². The molecule has 1 aromatic heterocycles. The van der Waals surface area contributed by atoms with Gasteiger partial charge < -0.3 is 14.8 Å². The summed E-state index contributed by atoms with van der Waals surface area (Å²) in [6.45, 7) is 0.520. The Hall–Kier alpha value is -2.63. The molecular weight excluding hydrogens is 669 g/mol. The van der Waals surface area contributed by atoms with E-state index in [1.54, 1.807) is 24.3 Å². The average Bonchev–Trinajstić information content (AvgIpc) is 3.58. The number of hydrogen-bond donors (Lipinski definition) is 1. The maximum atomic E-state index is 13.1. The molecule has 0 atom stereocenters. The fraction of sp³-hybridized carbons (Fsp3) is 0.394. The maximum Gasteiger partial charge on any atom is 0.266 e. The van der Waals surface area contributed by atoms with E-state index in [4.69, 9.17) is 44.9 Å². The van der Waals surface area contributed by atoms with Crippen LogP contribution in [0.4, 0.5) is 5.13 Å². The van der Waals surface area contributed by atoms with Gasteiger partial charge in [-0.25, -0.2) is 4.98 Å². The summed E-state index contributed by atoms with van der Waals surface area (Å²) < 4.78 is 12.4. The number of rotatable bonds is 13. The highest BCUT2D eigenvalue weighted by atomic mass is 35.5. The number of halogens is 2. The van der Waals surface area contributed by atoms with E-state index in [-0.39, 0.29) is 17.9 Å². The molecule has 0 spiro atoms. The predicted octanol–water partition coefficient (Wildman–Crippen LogP) is 9.16. The monoisotopic (exact) mass is 703 g/mol. The summed E-state index contributed by atoms with van der Waals surface area (Å²) in [5, 5.41) is 4.49. The second-order valence-electron chi connectivity index (χ2n) is 11.0. The van der Waals surface area contributed by atoms with Gasteiger partial charge in [0, 0.05) is 30.5 Å². The highest BCUT2D eigenvalue weighted by Gasteiger charge is 2.31. The van der Waals surface area contributed by atoms with Crippen LogP contribution in [-0.2, 0) is 16.0 Å². The van der Waals surface area contributed by atoms with Gasteiger partial charge in [0.2, 0.25) is 5.91 Å². The third-order valence-corrected chi connectivity index (χ3v) is 10.7. The number of methoxy groups -OCH3 is 1. The molecule has 0 bridgehead atoms. The number of benzene rings is 2. The Kier molecular flexibility index (Phi) is 12.2. The molecule has 12 heteroatoms. The number of thiocarbonyl (C=S) groups is 1. The fourth-order valence-electron chi connectivity index (χ4n) is 5.29. The van der Waals surface area contributed by atoms with E-state index < -0.39 is 0 Å². The van der Waals surface area contributed by atoms with Gasteiger partial charge in [0.25, 0.3) is 5.91 Å². The van der Waals surface area contributed by atoms with Gasteiger partial charge in [-0.05, 0) is 80.0 Å². The molecule has 0 unspecified atom stereocenters. The molecule has 1 saturated heterocycles. The summed E-state index contributed by atoms with van der Waals surface area (Å²) in [6.07, 6.45) is 12.9. The van der Waals surface area contributed by atoms with Crippen LogP contribution in [0, 0.1) is 0 Å². The zero-order chi connectivity index (χ0) is 31.8. The zero-order valence-corrected chi connectivity index (χ0v) is 28.9. The van der Waals surface area contributed by atoms with Crippen molar-refractivity contribution in [3.63, 3.8) is 0 Å². The van der Waals surface area contributed by atoms with Gasteiger partial charge in [-0.3, -0.25) is 14.5 Å². The number of ether oxygens (including phenoxy) is 2. The number of amides is 2. The first-order chi connectivity index (χ1) is 21.8. The molecule has 2 aromatic carbocycles. The third-order valence-electron chi connectivity index (χ3n) is 7.65. The number of unbranched alkanes of at least 4 members (excludes halogenated alkanes) is 2. The summed E-state index contributed by atoms with van der Waals surface area (Å²) >= 11 is 20.4. The zero-order valence-electron chi connectivity index (χ0n) is 25.0. The van der Waals surface area contributed by atoms with E-state index in [9.17, 15) is 9.59 Å². The Bertz CT molecular complexity index is 1570. The van der Waals surface area contributed by atoms with Crippen LogP contribution >= 0.6 is 58.5 Å². The van der Waals surface area contributed by atoms with Crippen LogP contribution in [0.25, 0.3) is 6.08 Å². The molecule has 7 nitrogen and oxygen atoms in total. The summed E-state index contributed by atoms with van der Waals surface area (Å²) in [5.74, 6) is 1.22. The molecule has 1 saturated carbocycles. The van der Waals surface area contributed by atoms with Crippen molar-refractivity contribution in [3.8, 4) is 11.5 Å². The Balaban J connectivity index is 1.04. The summed E-state index contributed by atoms with van der Waals surface area (Å²) in [6, 6.07) is 11.3. The molecule has 45 heavy (non-hydrogen) atoms. The van der Waals surface area contributed by atoms with E-state index in [1.807, 2.05) is 36.4 Å². The van der Waals surface area contributed by atoms with Crippen molar-refractivity contribution in [1.82, 2.24) is 9.88 Å². The lowest BCUT2D eigenvalue weighted by atomic mass is 9.98. The largest absolute Gasteiger partial charge is 0.493 e. The van der Waals surface area contributed by atoms with E-state index >= 15 is 0 Å². The van der Waals surface area contributed by atoms with Crippen LogP contribution in [0.5, 0.6) is 11.5 Å². The molecule has 1 N–H and O–H groups in total. The molecule has 2 amide bonds. The number of thiazole rings is 1. The molecule has 3 aromatic rings. The Morgan fingerprint density at radius 3 is 2.69 bits per heavy atom. The minimum absolute atomic E-state index is 0.0791. The summed E-state index contributed by atoms with van der Waals surface area (Å²) in [5.41, 5.74) is 1.88. The molecule has 2 fully saturated rings. The van der Waals surface area contributed by atoms with Crippen LogP contribution < -0.4 is 14.8 Å². The number of nitrogens with zero attached hydrogens (tertiary/aromatic N) is 2. The fourth-order valence-corrected chi connectivity index (χ4v) is 7.78. The molecule has 1 aliphatic heterocycles. The van der Waals surface area contributed by atoms with Crippen molar-refractivity contribution in [2.45, 2.75) is 70.3 Å². The first-order valence-corrected chi connectivity index (χ1v) is 17.9. The van der Waals surface area contributed by atoms with Crippen LogP contribution in [0.1, 0.15) is 73.8 Å². The van der Waals surface area contributed by atoms with Gasteiger partial charge in [-0.15, -0.1) is 11.3 Å². The lowest BCUT2D eigenvalue weighted by molar-refractivity contribution is -0.122. The van der Waals surface area contributed by atoms with E-state index in [0.717, 1.165) is 47.4 Å². The quantitative estimate of drug-likeness (QED) is 0.108. The van der Waals surface area contributed by atoms with Crippen LogP contribution in [-0.4, -0.2) is 45.8 Å². The average molecular weight is 705 g/mol. The lowest BCUT2D eigenvalue weighted by Gasteiger charge is -2.24. The number of anilines is 1. The number of carbonyl (C=O) groups excluding carboxylic acids is 2. The number of carbonyl (C=O) groups is 2. The molecule has 238 valence electrons. The van der Waals surface area contributed by atoms with Gasteiger partial charge in [-0.1, -0.05) is 72.2 Å². The minimum atomic E-state index is -0.0929. The summed E-state index contributed by atoms with van der Waals surface area (Å²) in [7, 11) is 1.63. The maximum absolute atomic E-state index is 13.1. The minimum Gasteiger partial charge on any atom is -0.493 e. The first-order valence-electron chi connectivity index (χ1n) is 15.1. The highest BCUT2D eigenvalue weighted by Crippen LogP contribution is 2.36. The van der Waals surface area contributed by atoms with Gasteiger partial charge in [0.05, 0.1) is 28.2 Å². The summed E-state index contributed by atoms with van der Waals surface area (Å²) in [4.78, 5) is 33.2. The van der Waals surface area contributed by atoms with Gasteiger partial charge in [-0.2, -0.15) is 0 Å². The number of hydrogen-bond acceptors (Lipinski definition) is 8. The predicted molar refractivity (Wildman–Crippen MR) is 189 cm³/mol. The number of thioether (sulfide) groups is 1. The van der Waals surface area contributed by atoms with Gasteiger partial charge in [0.1, 0.15) is 4.32 Å². The van der Waals surface area contributed by atoms with E-state index in [2.05, 4.69) is 10.3 Å². The highest BCUT2D eigenvalue weighted by molar-refractivity contribution is 8.26. The van der Waals surface area contributed by atoms with Crippen molar-refractivity contribution in [2.75, 3.05) is 19.0 Å². The molecular formula is C33H35Cl2N3O4S3. The van der Waals surface area contributed by atoms with Gasteiger partial charge in [0.15, 0.2) is 16.6 Å². The third kappa shape index (κ3) is 9.45. The topological polar surface area (TPSA) is 80.8 Å². The standard InChI is InChI=1S/C33H35Cl2N3O4S3/c1-41-28-18-22(12-14-27(28)42-23-8-4-2-5-9-23)19-29-31(40)38(33(43)45-29)15-7-3-6-10-30(39)37-32-36-20-24(44-32)16-21-11-13-25(34)26(35)17-21/h11-14,17-20,23H,2-10,15-16H2,1H3,(H,36,37,39)/b29-19-. The van der Waals surface area contributed by atoms with E-state index in [1.165, 1.54) is 42.4 Å². The SMILES string of the molecule is COc1cc(/C=C2\SC(=S)N(CCCCCC(=O)Nc3ncc(Cc4ccc(Cl)c(Cl)c4)s3)C2=O)ccc1OC1CCCCC1. The smallest absolute Gasteiger partial charge is 0.266 e. The van der Waals surface area contributed by atoms with Crippen molar-refractivity contribution < 1.29 is 19.1 Å². The molecule has 1 aliphatic carbocycles. The van der Waals surface area contributed by atoms with Gasteiger partial charge >= 0.3 is 0 Å². The second-order valence-corrected chi connectivity index (χ2v) is 14.6. The van der Waals surface area contributed by atoms with E-state index in [0.29, 0.717) is 56.0 Å². The van der Waals surface area contributed by atoms with Crippen molar-refractivity contribution in [2.24, 2.45) is 0 Å². The molecule has 5 rings (SSSR count). The second kappa shape index (κ2) is 16.3. The van der Waals surface area contributed by atoms with Crippen LogP contribution in [0.15, 0.2) is 47.5 Å². The lowest BCUT2D eigenvalue weighted by Crippen LogP contribution is -2.29. The molecule has 2 aliphatic rings. The van der Waals surface area contributed by atoms with Crippen molar-refractivity contribution in [3.05, 3.63) is 73.5 Å². The Morgan fingerprint density at radius 2 is 1.91 bits per heavy atom. The van der Waals surface area contributed by atoms with Crippen LogP contribution in [0.2, 0.25) is 10.0 Å². The normalized spacial score (nSPS) is 16.4. The van der Waals surface area contributed by atoms with Crippen molar-refractivity contribution >= 4 is 85.9 Å². The molecule has 0 radical (unpaired) electrons. The Morgan fingerprint density at radius 1 is 1.09 bits per heavy atom. The van der Waals surface area contributed by atoms with Crippen LogP contribution in [0.3, 0.4) is 0 Å². The molecule has 2 heterocycles. The number of aromatic nitrogens is 1.